The molecule has 1 aromatic rings. The summed E-state index contributed by atoms with van der Waals surface area (Å²) < 4.78 is 0. The smallest absolute Gasteiger partial charge is 0.293 e. The fourth-order valence-electron chi connectivity index (χ4n) is 2.28. The highest BCUT2D eigenvalue weighted by atomic mass is 16.6. The highest BCUT2D eigenvalue weighted by molar-refractivity contribution is 5.82. The standard InChI is InChI=1S/C13H18N4O3/c1-15-5-7-16(8-6-15)12-4-3-11(10-14-20-2)9-13(12)17(18)19/h3-4,9-10H,5-8H2,1-2H3/p+1/b14-10-. The van der Waals surface area contributed by atoms with Gasteiger partial charge in [0.1, 0.15) is 12.8 Å². The van der Waals surface area contributed by atoms with Crippen molar-refractivity contribution in [1.82, 2.24) is 0 Å². The van der Waals surface area contributed by atoms with Gasteiger partial charge in [-0.1, -0.05) is 11.2 Å². The third-order valence-electron chi connectivity index (χ3n) is 3.46. The van der Waals surface area contributed by atoms with Crippen molar-refractivity contribution < 1.29 is 14.7 Å². The second-order valence-electron chi connectivity index (χ2n) is 4.87. The first-order chi connectivity index (χ1) is 9.61. The Morgan fingerprint density at radius 2 is 2.15 bits per heavy atom. The Labute approximate surface area is 117 Å². The molecule has 0 bridgehead atoms. The number of quaternary nitrogens is 1. The second kappa shape index (κ2) is 6.33. The van der Waals surface area contributed by atoms with Crippen LogP contribution in [0.1, 0.15) is 5.56 Å². The van der Waals surface area contributed by atoms with E-state index in [0.717, 1.165) is 26.2 Å². The fraction of sp³-hybridized carbons (Fsp3) is 0.462. The number of piperazine rings is 1. The highest BCUT2D eigenvalue weighted by Crippen LogP contribution is 2.28. The molecule has 0 aromatic heterocycles. The Hall–Kier alpha value is -2.15. The molecule has 1 fully saturated rings. The lowest BCUT2D eigenvalue weighted by Crippen LogP contribution is -3.12. The summed E-state index contributed by atoms with van der Waals surface area (Å²) in [5.74, 6) is 0. The molecule has 0 saturated carbocycles. The molecule has 0 amide bonds. The third-order valence-corrected chi connectivity index (χ3v) is 3.46. The Balaban J connectivity index is 2.28. The average Bonchev–Trinajstić information content (AvgIpc) is 2.45. The van der Waals surface area contributed by atoms with Gasteiger partial charge >= 0.3 is 0 Å². The second-order valence-corrected chi connectivity index (χ2v) is 4.87. The van der Waals surface area contributed by atoms with E-state index in [1.165, 1.54) is 24.3 Å². The van der Waals surface area contributed by atoms with E-state index in [4.69, 9.17) is 0 Å². The van der Waals surface area contributed by atoms with Crippen molar-refractivity contribution in [3.8, 4) is 0 Å². The lowest BCUT2D eigenvalue weighted by atomic mass is 10.1. The van der Waals surface area contributed by atoms with Gasteiger partial charge in [0.15, 0.2) is 0 Å². The number of hydrogen-bond acceptors (Lipinski definition) is 5. The van der Waals surface area contributed by atoms with Gasteiger partial charge in [-0.3, -0.25) is 10.1 Å². The van der Waals surface area contributed by atoms with Gasteiger partial charge in [0.2, 0.25) is 0 Å². The Bertz CT molecular complexity index is 510. The lowest BCUT2D eigenvalue weighted by molar-refractivity contribution is -0.880. The summed E-state index contributed by atoms with van der Waals surface area (Å²) in [6.07, 6.45) is 1.46. The number of hydrogen-bond donors (Lipinski definition) is 1. The molecule has 0 unspecified atom stereocenters. The van der Waals surface area contributed by atoms with E-state index in [1.807, 2.05) is 6.07 Å². The molecular formula is C13H19N4O3+. The minimum Gasteiger partial charge on any atom is -0.399 e. The number of rotatable bonds is 4. The number of oxime groups is 1. The number of nitrogens with one attached hydrogen (secondary N) is 1. The SMILES string of the molecule is CO/N=C\c1ccc(N2CC[NH+](C)CC2)c([N+](=O)[O-])c1. The Morgan fingerprint density at radius 3 is 2.75 bits per heavy atom. The molecule has 0 radical (unpaired) electrons. The van der Waals surface area contributed by atoms with Crippen LogP contribution in [0.5, 0.6) is 0 Å². The topological polar surface area (TPSA) is 72.4 Å². The van der Waals surface area contributed by atoms with E-state index in [2.05, 4.69) is 21.9 Å². The maximum absolute atomic E-state index is 11.3. The first-order valence-corrected chi connectivity index (χ1v) is 6.53. The molecule has 108 valence electrons. The number of anilines is 1. The molecule has 0 atom stereocenters. The van der Waals surface area contributed by atoms with Gasteiger partial charge in [0.05, 0.1) is 44.4 Å². The van der Waals surface area contributed by atoms with E-state index in [9.17, 15) is 10.1 Å². The van der Waals surface area contributed by atoms with Crippen molar-refractivity contribution in [2.24, 2.45) is 5.16 Å². The molecule has 0 spiro atoms. The summed E-state index contributed by atoms with van der Waals surface area (Å²) in [7, 11) is 3.57. The summed E-state index contributed by atoms with van der Waals surface area (Å²) in [6, 6.07) is 5.13. The minimum atomic E-state index is -0.343. The average molecular weight is 279 g/mol. The van der Waals surface area contributed by atoms with Crippen LogP contribution in [0, 0.1) is 10.1 Å². The van der Waals surface area contributed by atoms with Crippen LogP contribution in [-0.2, 0) is 4.84 Å². The minimum absolute atomic E-state index is 0.115. The molecule has 1 aliphatic heterocycles. The quantitative estimate of drug-likeness (QED) is 0.475. The van der Waals surface area contributed by atoms with Gasteiger partial charge in [-0.2, -0.15) is 0 Å². The van der Waals surface area contributed by atoms with Crippen LogP contribution in [0.2, 0.25) is 0 Å². The zero-order valence-corrected chi connectivity index (χ0v) is 11.7. The van der Waals surface area contributed by atoms with Crippen LogP contribution >= 0.6 is 0 Å². The van der Waals surface area contributed by atoms with Crippen LogP contribution in [0.3, 0.4) is 0 Å². The molecule has 1 N–H and O–H groups in total. The normalized spacial score (nSPS) is 16.6. The van der Waals surface area contributed by atoms with E-state index < -0.39 is 0 Å². The van der Waals surface area contributed by atoms with Crippen molar-refractivity contribution in [3.05, 3.63) is 33.9 Å². The molecule has 1 aliphatic rings. The monoisotopic (exact) mass is 279 g/mol. The van der Waals surface area contributed by atoms with Gasteiger partial charge in [-0.05, 0) is 6.07 Å². The molecule has 7 heteroatoms. The van der Waals surface area contributed by atoms with Gasteiger partial charge < -0.3 is 14.6 Å². The number of likely N-dealkylation sites (N-methyl/N-ethyl adjacent to an activating group) is 1. The molecule has 7 nitrogen and oxygen atoms in total. The van der Waals surface area contributed by atoms with E-state index in [1.54, 1.807) is 6.07 Å². The van der Waals surface area contributed by atoms with E-state index in [-0.39, 0.29) is 10.6 Å². The number of nitro benzene ring substituents is 1. The Kier molecular flexibility index (Phi) is 4.52. The van der Waals surface area contributed by atoms with Gasteiger partial charge in [0, 0.05) is 11.6 Å². The van der Waals surface area contributed by atoms with Crippen molar-refractivity contribution in [2.75, 3.05) is 45.2 Å². The van der Waals surface area contributed by atoms with Crippen LogP contribution < -0.4 is 9.80 Å². The maximum Gasteiger partial charge on any atom is 0.293 e. The van der Waals surface area contributed by atoms with Crippen molar-refractivity contribution in [1.29, 1.82) is 0 Å². The largest absolute Gasteiger partial charge is 0.399 e. The summed E-state index contributed by atoms with van der Waals surface area (Å²) in [5.41, 5.74) is 1.45. The number of nitrogens with zero attached hydrogens (tertiary/aromatic N) is 3. The highest BCUT2D eigenvalue weighted by Gasteiger charge is 2.24. The molecule has 1 aromatic carbocycles. The molecular weight excluding hydrogens is 260 g/mol. The van der Waals surface area contributed by atoms with E-state index in [0.29, 0.717) is 11.3 Å². The zero-order chi connectivity index (χ0) is 14.5. The summed E-state index contributed by atoms with van der Waals surface area (Å²) in [6.45, 7) is 3.64. The van der Waals surface area contributed by atoms with Crippen molar-refractivity contribution >= 4 is 17.6 Å². The summed E-state index contributed by atoms with van der Waals surface area (Å²) >= 11 is 0. The van der Waals surface area contributed by atoms with E-state index >= 15 is 0 Å². The van der Waals surface area contributed by atoms with Gasteiger partial charge in [-0.15, -0.1) is 0 Å². The predicted molar refractivity (Wildman–Crippen MR) is 76.5 cm³/mol. The molecule has 1 heterocycles. The maximum atomic E-state index is 11.3. The summed E-state index contributed by atoms with van der Waals surface area (Å²) in [5, 5.41) is 14.9. The lowest BCUT2D eigenvalue weighted by Gasteiger charge is -2.31. The number of nitro groups is 1. The molecule has 2 rings (SSSR count). The fourth-order valence-corrected chi connectivity index (χ4v) is 2.28. The van der Waals surface area contributed by atoms with Gasteiger partial charge in [0.25, 0.3) is 5.69 Å². The van der Waals surface area contributed by atoms with Gasteiger partial charge in [-0.25, -0.2) is 0 Å². The van der Waals surface area contributed by atoms with Crippen LogP contribution in [0.15, 0.2) is 23.4 Å². The molecule has 0 aliphatic carbocycles. The predicted octanol–water partition coefficient (Wildman–Crippen LogP) is -0.0902. The zero-order valence-electron chi connectivity index (χ0n) is 11.7. The molecule has 1 saturated heterocycles. The summed E-state index contributed by atoms with van der Waals surface area (Å²) in [4.78, 5) is 19.0. The first-order valence-electron chi connectivity index (χ1n) is 6.53. The number of benzene rings is 1. The molecule has 20 heavy (non-hydrogen) atoms. The Morgan fingerprint density at radius 1 is 1.45 bits per heavy atom. The third kappa shape index (κ3) is 3.24. The van der Waals surface area contributed by atoms with Crippen LogP contribution in [0.25, 0.3) is 0 Å². The van der Waals surface area contributed by atoms with Crippen molar-refractivity contribution in [3.63, 3.8) is 0 Å². The first kappa shape index (κ1) is 14.3. The van der Waals surface area contributed by atoms with Crippen molar-refractivity contribution in [2.45, 2.75) is 0 Å². The van der Waals surface area contributed by atoms with Crippen LogP contribution in [-0.4, -0.2) is 51.5 Å². The van der Waals surface area contributed by atoms with Crippen LogP contribution in [0.4, 0.5) is 11.4 Å².